The summed E-state index contributed by atoms with van der Waals surface area (Å²) in [6.45, 7) is 2.93. The quantitative estimate of drug-likeness (QED) is 0.491. The van der Waals surface area contributed by atoms with E-state index < -0.39 is 0 Å². The molecule has 0 aliphatic heterocycles. The Morgan fingerprint density at radius 3 is 2.00 bits per heavy atom. The molecule has 2 rings (SSSR count). The van der Waals surface area contributed by atoms with E-state index in [0.29, 0.717) is 0 Å². The molecule has 0 fully saturated rings. The van der Waals surface area contributed by atoms with Gasteiger partial charge in [-0.1, -0.05) is 25.2 Å². The molecule has 0 radical (unpaired) electrons. The first-order valence-corrected chi connectivity index (χ1v) is 7.26. The SMILES string of the molecule is CCCCOc1ccc(C#Cc2ccc(S)cc2)cc1. The van der Waals surface area contributed by atoms with Crippen molar-refractivity contribution >= 4 is 12.6 Å². The van der Waals surface area contributed by atoms with Crippen molar-refractivity contribution in [3.05, 3.63) is 59.7 Å². The molecule has 0 saturated heterocycles. The second-order valence-corrected chi connectivity index (χ2v) is 5.04. The summed E-state index contributed by atoms with van der Waals surface area (Å²) in [5.41, 5.74) is 1.98. The Balaban J connectivity index is 1.98. The fourth-order valence-electron chi connectivity index (χ4n) is 1.66. The van der Waals surface area contributed by atoms with Crippen molar-refractivity contribution in [2.75, 3.05) is 6.61 Å². The van der Waals surface area contributed by atoms with Crippen LogP contribution in [-0.2, 0) is 0 Å². The molecular weight excluding hydrogens is 264 g/mol. The molecule has 0 aliphatic rings. The van der Waals surface area contributed by atoms with Crippen molar-refractivity contribution in [3.8, 4) is 17.6 Å². The summed E-state index contributed by atoms with van der Waals surface area (Å²) in [4.78, 5) is 0.948. The summed E-state index contributed by atoms with van der Waals surface area (Å²) in [5.74, 6) is 7.19. The lowest BCUT2D eigenvalue weighted by atomic mass is 10.2. The maximum absolute atomic E-state index is 5.62. The van der Waals surface area contributed by atoms with Gasteiger partial charge >= 0.3 is 0 Å². The van der Waals surface area contributed by atoms with Crippen LogP contribution in [0, 0.1) is 11.8 Å². The molecule has 2 aromatic rings. The third-order valence-corrected chi connectivity index (χ3v) is 3.14. The van der Waals surface area contributed by atoms with Crippen molar-refractivity contribution in [1.29, 1.82) is 0 Å². The van der Waals surface area contributed by atoms with Gasteiger partial charge in [0.15, 0.2) is 0 Å². The Morgan fingerprint density at radius 1 is 0.900 bits per heavy atom. The minimum atomic E-state index is 0.775. The number of hydrogen-bond acceptors (Lipinski definition) is 2. The molecule has 102 valence electrons. The van der Waals surface area contributed by atoms with Gasteiger partial charge in [-0.2, -0.15) is 0 Å². The van der Waals surface area contributed by atoms with E-state index in [1.165, 1.54) is 0 Å². The molecule has 0 atom stereocenters. The second kappa shape index (κ2) is 7.67. The van der Waals surface area contributed by atoms with Gasteiger partial charge in [-0.15, -0.1) is 12.6 Å². The van der Waals surface area contributed by atoms with Crippen LogP contribution in [0.3, 0.4) is 0 Å². The largest absolute Gasteiger partial charge is 0.494 e. The van der Waals surface area contributed by atoms with Gasteiger partial charge in [0.05, 0.1) is 6.61 Å². The summed E-state index contributed by atoms with van der Waals surface area (Å²) < 4.78 is 5.62. The Morgan fingerprint density at radius 2 is 1.45 bits per heavy atom. The third kappa shape index (κ3) is 4.68. The van der Waals surface area contributed by atoms with Gasteiger partial charge in [0.1, 0.15) is 5.75 Å². The molecule has 0 amide bonds. The van der Waals surface area contributed by atoms with E-state index in [0.717, 1.165) is 41.2 Å². The van der Waals surface area contributed by atoms with Crippen molar-refractivity contribution in [2.45, 2.75) is 24.7 Å². The van der Waals surface area contributed by atoms with Gasteiger partial charge in [-0.25, -0.2) is 0 Å². The third-order valence-electron chi connectivity index (χ3n) is 2.84. The van der Waals surface area contributed by atoms with E-state index >= 15 is 0 Å². The first-order valence-electron chi connectivity index (χ1n) is 6.82. The zero-order chi connectivity index (χ0) is 14.2. The summed E-state index contributed by atoms with van der Waals surface area (Å²) in [6.07, 6.45) is 2.23. The highest BCUT2D eigenvalue weighted by atomic mass is 32.1. The van der Waals surface area contributed by atoms with Crippen LogP contribution >= 0.6 is 12.6 Å². The fraction of sp³-hybridized carbons (Fsp3) is 0.222. The monoisotopic (exact) mass is 282 g/mol. The summed E-state index contributed by atoms with van der Waals surface area (Å²) in [5, 5.41) is 0. The van der Waals surface area contributed by atoms with Crippen LogP contribution in [0.15, 0.2) is 53.4 Å². The lowest BCUT2D eigenvalue weighted by Crippen LogP contribution is -1.95. The molecule has 0 bridgehead atoms. The number of unbranched alkanes of at least 4 members (excludes halogenated alkanes) is 1. The number of rotatable bonds is 4. The van der Waals surface area contributed by atoms with Crippen molar-refractivity contribution in [2.24, 2.45) is 0 Å². The summed E-state index contributed by atoms with van der Waals surface area (Å²) >= 11 is 4.25. The zero-order valence-electron chi connectivity index (χ0n) is 11.6. The van der Waals surface area contributed by atoms with E-state index in [9.17, 15) is 0 Å². The van der Waals surface area contributed by atoms with Crippen molar-refractivity contribution in [3.63, 3.8) is 0 Å². The number of thiol groups is 1. The minimum Gasteiger partial charge on any atom is -0.494 e. The predicted octanol–water partition coefficient (Wildman–Crippen LogP) is 4.55. The van der Waals surface area contributed by atoms with Crippen molar-refractivity contribution < 1.29 is 4.74 Å². The van der Waals surface area contributed by atoms with Gasteiger partial charge in [0, 0.05) is 16.0 Å². The second-order valence-electron chi connectivity index (χ2n) is 4.52. The Hall–Kier alpha value is -1.85. The first kappa shape index (κ1) is 14.6. The average Bonchev–Trinajstić information content (AvgIpc) is 2.48. The highest BCUT2D eigenvalue weighted by molar-refractivity contribution is 7.80. The minimum absolute atomic E-state index is 0.775. The highest BCUT2D eigenvalue weighted by Gasteiger charge is 1.93. The van der Waals surface area contributed by atoms with Crippen LogP contribution in [0.1, 0.15) is 30.9 Å². The molecule has 0 aromatic heterocycles. The van der Waals surface area contributed by atoms with E-state index in [-0.39, 0.29) is 0 Å². The smallest absolute Gasteiger partial charge is 0.119 e. The molecule has 0 aliphatic carbocycles. The van der Waals surface area contributed by atoms with E-state index in [2.05, 4.69) is 31.4 Å². The maximum Gasteiger partial charge on any atom is 0.119 e. The van der Waals surface area contributed by atoms with E-state index in [4.69, 9.17) is 4.74 Å². The Labute approximate surface area is 126 Å². The van der Waals surface area contributed by atoms with Crippen LogP contribution in [0.5, 0.6) is 5.75 Å². The number of hydrogen-bond donors (Lipinski definition) is 1. The molecule has 2 aromatic carbocycles. The molecule has 0 unspecified atom stereocenters. The van der Waals surface area contributed by atoms with E-state index in [1.54, 1.807) is 0 Å². The normalized spacial score (nSPS) is 9.70. The topological polar surface area (TPSA) is 9.23 Å². The lowest BCUT2D eigenvalue weighted by Gasteiger charge is -2.04. The molecule has 20 heavy (non-hydrogen) atoms. The van der Waals surface area contributed by atoms with Crippen LogP contribution < -0.4 is 4.74 Å². The maximum atomic E-state index is 5.62. The molecular formula is C18H18OS. The molecule has 2 heteroatoms. The molecule has 0 heterocycles. The van der Waals surface area contributed by atoms with Gasteiger partial charge in [-0.3, -0.25) is 0 Å². The van der Waals surface area contributed by atoms with Crippen LogP contribution in [0.2, 0.25) is 0 Å². The summed E-state index contributed by atoms with van der Waals surface area (Å²) in [6, 6.07) is 15.7. The van der Waals surface area contributed by atoms with Crippen LogP contribution in [0.4, 0.5) is 0 Å². The highest BCUT2D eigenvalue weighted by Crippen LogP contribution is 2.12. The Bertz CT molecular complexity index is 588. The average molecular weight is 282 g/mol. The van der Waals surface area contributed by atoms with Gasteiger partial charge in [-0.05, 0) is 55.0 Å². The van der Waals surface area contributed by atoms with Gasteiger partial charge in [0.2, 0.25) is 0 Å². The molecule has 0 N–H and O–H groups in total. The molecule has 0 spiro atoms. The molecule has 0 saturated carbocycles. The number of benzene rings is 2. The van der Waals surface area contributed by atoms with Gasteiger partial charge in [0.25, 0.3) is 0 Å². The van der Waals surface area contributed by atoms with Crippen molar-refractivity contribution in [1.82, 2.24) is 0 Å². The van der Waals surface area contributed by atoms with Gasteiger partial charge < -0.3 is 4.74 Å². The summed E-state index contributed by atoms with van der Waals surface area (Å²) in [7, 11) is 0. The standard InChI is InChI=1S/C18H18OS/c1-2-3-14-19-17-10-6-15(7-11-17)4-5-16-8-12-18(20)13-9-16/h6-13,20H,2-3,14H2,1H3. The predicted molar refractivity (Wildman–Crippen MR) is 86.5 cm³/mol. The van der Waals surface area contributed by atoms with E-state index in [1.807, 2.05) is 48.5 Å². The molecule has 1 nitrogen and oxygen atoms in total. The van der Waals surface area contributed by atoms with Crippen LogP contribution in [0.25, 0.3) is 0 Å². The van der Waals surface area contributed by atoms with Crippen LogP contribution in [-0.4, -0.2) is 6.61 Å². The zero-order valence-corrected chi connectivity index (χ0v) is 12.5. The lowest BCUT2D eigenvalue weighted by molar-refractivity contribution is 0.309. The first-order chi connectivity index (χ1) is 9.78. The fourth-order valence-corrected chi connectivity index (χ4v) is 1.81. The number of ether oxygens (including phenoxy) is 1. The Kier molecular flexibility index (Phi) is 5.58.